The molecule has 0 bridgehead atoms. The molecule has 0 saturated heterocycles. The maximum Gasteiger partial charge on any atom is 0.251 e. The van der Waals surface area contributed by atoms with Gasteiger partial charge in [0.2, 0.25) is 0 Å². The summed E-state index contributed by atoms with van der Waals surface area (Å²) in [6, 6.07) is 12.7. The second-order valence-electron chi connectivity index (χ2n) is 5.85. The Morgan fingerprint density at radius 1 is 1.11 bits per heavy atom. The number of guanidine groups is 1. The number of rotatable bonds is 8. The van der Waals surface area contributed by atoms with Crippen molar-refractivity contribution < 1.29 is 14.3 Å². The molecule has 2 aromatic rings. The summed E-state index contributed by atoms with van der Waals surface area (Å²) in [7, 11) is 3.15. The number of aliphatic imine (C=N–C) groups is 1. The first-order valence-corrected chi connectivity index (χ1v) is 8.73. The lowest BCUT2D eigenvalue weighted by Crippen LogP contribution is -2.24. The number of benzene rings is 2. The average molecular weight is 370 g/mol. The minimum Gasteiger partial charge on any atom is -0.493 e. The normalized spacial score (nSPS) is 11.0. The fraction of sp³-hybridized carbons (Fsp3) is 0.300. The number of hydrogen-bond donors (Lipinski definition) is 3. The number of anilines is 1. The quantitative estimate of drug-likeness (QED) is 0.490. The van der Waals surface area contributed by atoms with E-state index in [0.717, 1.165) is 17.7 Å². The van der Waals surface area contributed by atoms with Crippen molar-refractivity contribution in [2.24, 2.45) is 10.7 Å². The maximum absolute atomic E-state index is 12.0. The van der Waals surface area contributed by atoms with Crippen LogP contribution in [0.5, 0.6) is 11.5 Å². The van der Waals surface area contributed by atoms with Crippen molar-refractivity contribution in [2.75, 3.05) is 26.1 Å². The van der Waals surface area contributed by atoms with Crippen molar-refractivity contribution in [3.8, 4) is 11.5 Å². The van der Waals surface area contributed by atoms with E-state index in [1.807, 2.05) is 31.2 Å². The highest BCUT2D eigenvalue weighted by molar-refractivity contribution is 5.94. The van der Waals surface area contributed by atoms with E-state index in [2.05, 4.69) is 15.6 Å². The van der Waals surface area contributed by atoms with E-state index < -0.39 is 0 Å². The minimum absolute atomic E-state index is 0.0842. The first-order chi connectivity index (χ1) is 13.1. The Kier molecular flexibility index (Phi) is 7.49. The average Bonchev–Trinajstić information content (AvgIpc) is 2.70. The molecule has 1 amide bonds. The molecule has 0 radical (unpaired) electrons. The smallest absolute Gasteiger partial charge is 0.251 e. The van der Waals surface area contributed by atoms with Gasteiger partial charge in [-0.15, -0.1) is 0 Å². The van der Waals surface area contributed by atoms with E-state index >= 15 is 0 Å². The standard InChI is InChI=1S/C20H26N4O3/c1-4-10-22-19(25)15-7-5-6-14(11-15)13-23-20(21)24-16-8-9-17(26-2)18(12-16)27-3/h5-9,11-12H,4,10,13H2,1-3H3,(H,22,25)(H3,21,23,24). The third-order valence-corrected chi connectivity index (χ3v) is 3.81. The van der Waals surface area contributed by atoms with Crippen LogP contribution in [0.4, 0.5) is 5.69 Å². The highest BCUT2D eigenvalue weighted by atomic mass is 16.5. The van der Waals surface area contributed by atoms with Gasteiger partial charge in [-0.05, 0) is 36.2 Å². The molecule has 0 aliphatic rings. The fourth-order valence-electron chi connectivity index (χ4n) is 2.43. The number of hydrogen-bond acceptors (Lipinski definition) is 4. The van der Waals surface area contributed by atoms with E-state index in [0.29, 0.717) is 30.2 Å². The maximum atomic E-state index is 12.0. The van der Waals surface area contributed by atoms with Gasteiger partial charge in [-0.2, -0.15) is 0 Å². The predicted molar refractivity (Wildman–Crippen MR) is 108 cm³/mol. The summed E-state index contributed by atoms with van der Waals surface area (Å²) in [5.74, 6) is 1.42. The van der Waals surface area contributed by atoms with E-state index in [1.54, 1.807) is 32.4 Å². The van der Waals surface area contributed by atoms with Gasteiger partial charge in [0.25, 0.3) is 5.91 Å². The number of amides is 1. The van der Waals surface area contributed by atoms with Crippen LogP contribution >= 0.6 is 0 Å². The SMILES string of the molecule is CCCNC(=O)c1cccc(CN=C(N)Nc2ccc(OC)c(OC)c2)c1. The van der Waals surface area contributed by atoms with Gasteiger partial charge in [0.05, 0.1) is 20.8 Å². The molecule has 2 aromatic carbocycles. The van der Waals surface area contributed by atoms with Gasteiger partial charge in [-0.25, -0.2) is 4.99 Å². The summed E-state index contributed by atoms with van der Waals surface area (Å²) in [6.07, 6.45) is 0.897. The monoisotopic (exact) mass is 370 g/mol. The Morgan fingerprint density at radius 3 is 2.59 bits per heavy atom. The Bertz CT molecular complexity index is 806. The molecular weight excluding hydrogens is 344 g/mol. The van der Waals surface area contributed by atoms with Gasteiger partial charge in [0, 0.05) is 23.9 Å². The molecule has 0 saturated carbocycles. The zero-order valence-corrected chi connectivity index (χ0v) is 15.9. The molecule has 2 rings (SSSR count). The summed E-state index contributed by atoms with van der Waals surface area (Å²) >= 11 is 0. The number of nitrogens with two attached hydrogens (primary N) is 1. The zero-order chi connectivity index (χ0) is 19.6. The van der Waals surface area contributed by atoms with E-state index in [-0.39, 0.29) is 11.9 Å². The molecular formula is C20H26N4O3. The van der Waals surface area contributed by atoms with Crippen molar-refractivity contribution in [1.82, 2.24) is 5.32 Å². The van der Waals surface area contributed by atoms with Crippen LogP contribution in [0, 0.1) is 0 Å². The van der Waals surface area contributed by atoms with Crippen LogP contribution in [0.1, 0.15) is 29.3 Å². The Morgan fingerprint density at radius 2 is 1.89 bits per heavy atom. The first kappa shape index (κ1) is 20.1. The van der Waals surface area contributed by atoms with Gasteiger partial charge in [-0.1, -0.05) is 19.1 Å². The van der Waals surface area contributed by atoms with Crippen LogP contribution < -0.4 is 25.8 Å². The second-order valence-corrected chi connectivity index (χ2v) is 5.85. The van der Waals surface area contributed by atoms with Crippen LogP contribution in [-0.4, -0.2) is 32.6 Å². The van der Waals surface area contributed by atoms with Gasteiger partial charge >= 0.3 is 0 Å². The van der Waals surface area contributed by atoms with Crippen molar-refractivity contribution in [2.45, 2.75) is 19.9 Å². The summed E-state index contributed by atoms with van der Waals surface area (Å²) < 4.78 is 10.5. The third-order valence-electron chi connectivity index (χ3n) is 3.81. The van der Waals surface area contributed by atoms with Gasteiger partial charge in [0.1, 0.15) is 0 Å². The van der Waals surface area contributed by atoms with Crippen LogP contribution in [-0.2, 0) is 6.54 Å². The first-order valence-electron chi connectivity index (χ1n) is 8.73. The highest BCUT2D eigenvalue weighted by Crippen LogP contribution is 2.29. The molecule has 7 heteroatoms. The molecule has 7 nitrogen and oxygen atoms in total. The molecule has 4 N–H and O–H groups in total. The number of carbonyl (C=O) groups is 1. The number of carbonyl (C=O) groups excluding carboxylic acids is 1. The lowest BCUT2D eigenvalue weighted by Gasteiger charge is -2.11. The Hall–Kier alpha value is -3.22. The van der Waals surface area contributed by atoms with Gasteiger partial charge in [0.15, 0.2) is 17.5 Å². The van der Waals surface area contributed by atoms with Crippen LogP contribution in [0.2, 0.25) is 0 Å². The van der Waals surface area contributed by atoms with Gasteiger partial charge < -0.3 is 25.8 Å². The Labute approximate surface area is 159 Å². The van der Waals surface area contributed by atoms with E-state index in [9.17, 15) is 4.79 Å². The summed E-state index contributed by atoms with van der Waals surface area (Å²) in [5, 5.41) is 5.88. The summed E-state index contributed by atoms with van der Waals surface area (Å²) in [4.78, 5) is 16.4. The van der Waals surface area contributed by atoms with Crippen LogP contribution in [0.3, 0.4) is 0 Å². The van der Waals surface area contributed by atoms with E-state index in [1.165, 1.54) is 0 Å². The van der Waals surface area contributed by atoms with Crippen LogP contribution in [0.15, 0.2) is 47.5 Å². The number of methoxy groups -OCH3 is 2. The van der Waals surface area contributed by atoms with Crippen LogP contribution in [0.25, 0.3) is 0 Å². The lowest BCUT2D eigenvalue weighted by molar-refractivity contribution is 0.0953. The molecule has 0 unspecified atom stereocenters. The molecule has 144 valence electrons. The molecule has 27 heavy (non-hydrogen) atoms. The molecule has 0 heterocycles. The number of nitrogens with zero attached hydrogens (tertiary/aromatic N) is 1. The molecule has 0 aromatic heterocycles. The van der Waals surface area contributed by atoms with Crippen molar-refractivity contribution >= 4 is 17.6 Å². The summed E-state index contributed by atoms with van der Waals surface area (Å²) in [6.45, 7) is 3.03. The molecule has 0 atom stereocenters. The topological polar surface area (TPSA) is 98.0 Å². The Balaban J connectivity index is 2.02. The zero-order valence-electron chi connectivity index (χ0n) is 15.9. The largest absolute Gasteiger partial charge is 0.493 e. The number of nitrogens with one attached hydrogen (secondary N) is 2. The fourth-order valence-corrected chi connectivity index (χ4v) is 2.43. The molecule has 0 spiro atoms. The molecule has 0 aliphatic heterocycles. The summed E-state index contributed by atoms with van der Waals surface area (Å²) in [5.41, 5.74) is 8.22. The van der Waals surface area contributed by atoms with Crippen molar-refractivity contribution in [3.63, 3.8) is 0 Å². The van der Waals surface area contributed by atoms with Gasteiger partial charge in [-0.3, -0.25) is 4.79 Å². The van der Waals surface area contributed by atoms with Crippen molar-refractivity contribution in [3.05, 3.63) is 53.6 Å². The third kappa shape index (κ3) is 5.91. The van der Waals surface area contributed by atoms with Crippen molar-refractivity contribution in [1.29, 1.82) is 0 Å². The minimum atomic E-state index is -0.0842. The predicted octanol–water partition coefficient (Wildman–Crippen LogP) is 2.77. The van der Waals surface area contributed by atoms with E-state index in [4.69, 9.17) is 15.2 Å². The highest BCUT2D eigenvalue weighted by Gasteiger charge is 2.06. The number of ether oxygens (including phenoxy) is 2. The molecule has 0 fully saturated rings. The molecule has 0 aliphatic carbocycles. The second kappa shape index (κ2) is 10.1. The lowest BCUT2D eigenvalue weighted by atomic mass is 10.1.